The van der Waals surface area contributed by atoms with Gasteiger partial charge in [-0.25, -0.2) is 0 Å². The highest BCUT2D eigenvalue weighted by Crippen LogP contribution is 2.28. The maximum atomic E-state index is 10.8. The first-order valence-corrected chi connectivity index (χ1v) is 7.19. The number of carboxylic acid groups (broad SMARTS) is 1. The topological polar surface area (TPSA) is 75.8 Å². The zero-order valence-electron chi connectivity index (χ0n) is 10.6. The summed E-state index contributed by atoms with van der Waals surface area (Å²) in [6.07, 6.45) is 4.44. The molecule has 104 valence electrons. The fourth-order valence-electron chi connectivity index (χ4n) is 2.87. The van der Waals surface area contributed by atoms with Gasteiger partial charge in [-0.3, -0.25) is 9.46 Å². The van der Waals surface area contributed by atoms with Crippen LogP contribution in [0.4, 0.5) is 0 Å². The molecule has 0 amide bonds. The standard InChI is InChI=1S/C12H23N2O3P/c13-9-5-10(14(18)6-9)7-17-11-3-1-8(2-4-11)12(15)16/h8-11H,1-7,13,18H2,(H,15,16)/t8?,9-,10-,11?/m0/s1. The lowest BCUT2D eigenvalue weighted by Gasteiger charge is -2.28. The predicted octanol–water partition coefficient (Wildman–Crippen LogP) is 0.838. The van der Waals surface area contributed by atoms with Gasteiger partial charge in [0.1, 0.15) is 0 Å². The van der Waals surface area contributed by atoms with Crippen LogP contribution in [0.2, 0.25) is 0 Å². The Morgan fingerprint density at radius 1 is 1.39 bits per heavy atom. The molecule has 0 spiro atoms. The minimum atomic E-state index is -0.661. The molecule has 3 N–H and O–H groups in total. The Balaban J connectivity index is 1.68. The fraction of sp³-hybridized carbons (Fsp3) is 0.917. The van der Waals surface area contributed by atoms with Crippen LogP contribution in [0.1, 0.15) is 32.1 Å². The van der Waals surface area contributed by atoms with E-state index in [-0.39, 0.29) is 18.1 Å². The maximum Gasteiger partial charge on any atom is 0.306 e. The molecule has 0 aromatic rings. The van der Waals surface area contributed by atoms with E-state index in [4.69, 9.17) is 15.6 Å². The van der Waals surface area contributed by atoms with Crippen molar-refractivity contribution in [3.8, 4) is 0 Å². The number of ether oxygens (including phenoxy) is 1. The zero-order valence-corrected chi connectivity index (χ0v) is 11.8. The van der Waals surface area contributed by atoms with E-state index >= 15 is 0 Å². The van der Waals surface area contributed by atoms with E-state index in [0.717, 1.165) is 38.6 Å². The van der Waals surface area contributed by atoms with Crippen LogP contribution in [0.3, 0.4) is 0 Å². The largest absolute Gasteiger partial charge is 0.481 e. The Kier molecular flexibility index (Phi) is 4.96. The predicted molar refractivity (Wildman–Crippen MR) is 72.1 cm³/mol. The lowest BCUT2D eigenvalue weighted by atomic mass is 9.87. The lowest BCUT2D eigenvalue weighted by molar-refractivity contribution is -0.143. The summed E-state index contributed by atoms with van der Waals surface area (Å²) >= 11 is 0. The summed E-state index contributed by atoms with van der Waals surface area (Å²) < 4.78 is 8.08. The minimum absolute atomic E-state index is 0.164. The average Bonchev–Trinajstić information content (AvgIpc) is 2.66. The van der Waals surface area contributed by atoms with Gasteiger partial charge >= 0.3 is 5.97 Å². The summed E-state index contributed by atoms with van der Waals surface area (Å²) in [5.74, 6) is -0.825. The van der Waals surface area contributed by atoms with Crippen molar-refractivity contribution in [1.29, 1.82) is 0 Å². The molecule has 1 aliphatic heterocycles. The Labute approximate surface area is 110 Å². The Morgan fingerprint density at radius 3 is 2.56 bits per heavy atom. The van der Waals surface area contributed by atoms with Crippen molar-refractivity contribution in [3.63, 3.8) is 0 Å². The van der Waals surface area contributed by atoms with Crippen LogP contribution < -0.4 is 5.73 Å². The van der Waals surface area contributed by atoms with Crippen LogP contribution in [0.25, 0.3) is 0 Å². The third kappa shape index (κ3) is 3.64. The number of rotatable bonds is 4. The molecule has 1 saturated carbocycles. The van der Waals surface area contributed by atoms with E-state index in [2.05, 4.69) is 14.1 Å². The molecule has 1 saturated heterocycles. The number of hydrogen-bond acceptors (Lipinski definition) is 4. The molecular weight excluding hydrogens is 251 g/mol. The van der Waals surface area contributed by atoms with E-state index in [1.807, 2.05) is 0 Å². The van der Waals surface area contributed by atoms with Crippen molar-refractivity contribution in [1.82, 2.24) is 4.67 Å². The van der Waals surface area contributed by atoms with Crippen molar-refractivity contribution in [3.05, 3.63) is 0 Å². The molecule has 2 fully saturated rings. The van der Waals surface area contributed by atoms with Gasteiger partial charge in [-0.05, 0) is 32.1 Å². The van der Waals surface area contributed by atoms with Gasteiger partial charge in [0.25, 0.3) is 0 Å². The van der Waals surface area contributed by atoms with Crippen molar-refractivity contribution in [2.24, 2.45) is 11.7 Å². The van der Waals surface area contributed by atoms with Crippen LogP contribution in [0.15, 0.2) is 0 Å². The Hall–Kier alpha value is -0.220. The van der Waals surface area contributed by atoms with Crippen LogP contribution >= 0.6 is 9.39 Å². The quantitative estimate of drug-likeness (QED) is 0.743. The van der Waals surface area contributed by atoms with Crippen molar-refractivity contribution in [2.75, 3.05) is 13.2 Å². The molecule has 5 nitrogen and oxygen atoms in total. The molecule has 2 aliphatic rings. The fourth-order valence-corrected chi connectivity index (χ4v) is 3.35. The average molecular weight is 274 g/mol. The first-order valence-electron chi connectivity index (χ1n) is 6.67. The monoisotopic (exact) mass is 274 g/mol. The number of nitrogens with zero attached hydrogens (tertiary/aromatic N) is 1. The number of nitrogens with two attached hydrogens (primary N) is 1. The molecule has 0 bridgehead atoms. The van der Waals surface area contributed by atoms with Crippen LogP contribution in [0.5, 0.6) is 0 Å². The summed E-state index contributed by atoms with van der Waals surface area (Å²) in [6, 6.07) is 0.640. The van der Waals surface area contributed by atoms with Gasteiger partial charge in [-0.15, -0.1) is 0 Å². The number of aliphatic carboxylic acids is 1. The van der Waals surface area contributed by atoms with Gasteiger partial charge in [0.15, 0.2) is 0 Å². The number of carboxylic acids is 1. The summed E-state index contributed by atoms with van der Waals surface area (Å²) in [4.78, 5) is 10.8. The first kappa shape index (κ1) is 14.2. The summed E-state index contributed by atoms with van der Waals surface area (Å²) in [5, 5.41) is 8.93. The summed E-state index contributed by atoms with van der Waals surface area (Å²) in [7, 11) is 2.71. The highest BCUT2D eigenvalue weighted by molar-refractivity contribution is 7.13. The minimum Gasteiger partial charge on any atom is -0.481 e. The first-order chi connectivity index (χ1) is 8.56. The second-order valence-electron chi connectivity index (χ2n) is 5.49. The summed E-state index contributed by atoms with van der Waals surface area (Å²) in [6.45, 7) is 1.62. The lowest BCUT2D eigenvalue weighted by Crippen LogP contribution is -2.31. The smallest absolute Gasteiger partial charge is 0.306 e. The molecular formula is C12H23N2O3P. The van der Waals surface area contributed by atoms with Crippen molar-refractivity contribution in [2.45, 2.75) is 50.3 Å². The van der Waals surface area contributed by atoms with E-state index < -0.39 is 5.97 Å². The molecule has 18 heavy (non-hydrogen) atoms. The molecule has 1 unspecified atom stereocenters. The van der Waals surface area contributed by atoms with Crippen LogP contribution in [0, 0.1) is 5.92 Å². The van der Waals surface area contributed by atoms with Gasteiger partial charge in [0.2, 0.25) is 0 Å². The molecule has 0 aromatic carbocycles. The molecule has 2 rings (SSSR count). The van der Waals surface area contributed by atoms with Gasteiger partial charge in [-0.2, -0.15) is 0 Å². The highest BCUT2D eigenvalue weighted by Gasteiger charge is 2.30. The van der Waals surface area contributed by atoms with Crippen LogP contribution in [-0.4, -0.2) is 47.1 Å². The van der Waals surface area contributed by atoms with Gasteiger partial charge in [0, 0.05) is 18.6 Å². The Bertz CT molecular complexity index is 295. The van der Waals surface area contributed by atoms with Crippen molar-refractivity contribution < 1.29 is 14.6 Å². The Morgan fingerprint density at radius 2 is 2.06 bits per heavy atom. The maximum absolute atomic E-state index is 10.8. The molecule has 0 aromatic heterocycles. The normalized spacial score (nSPS) is 37.9. The summed E-state index contributed by atoms with van der Waals surface area (Å²) in [5.41, 5.74) is 5.90. The molecule has 1 aliphatic carbocycles. The second-order valence-corrected chi connectivity index (χ2v) is 6.15. The third-order valence-corrected chi connectivity index (χ3v) is 4.67. The van der Waals surface area contributed by atoms with E-state index in [9.17, 15) is 4.79 Å². The molecule has 1 heterocycles. The highest BCUT2D eigenvalue weighted by atomic mass is 31.0. The van der Waals surface area contributed by atoms with Gasteiger partial charge in [-0.1, -0.05) is 9.39 Å². The molecule has 3 atom stereocenters. The van der Waals surface area contributed by atoms with Crippen LogP contribution in [-0.2, 0) is 9.53 Å². The number of carbonyl (C=O) groups is 1. The van der Waals surface area contributed by atoms with Gasteiger partial charge in [0.05, 0.1) is 18.6 Å². The molecule has 0 radical (unpaired) electrons. The third-order valence-electron chi connectivity index (χ3n) is 4.04. The van der Waals surface area contributed by atoms with E-state index in [0.29, 0.717) is 12.6 Å². The van der Waals surface area contributed by atoms with E-state index in [1.165, 1.54) is 0 Å². The SMILES string of the molecule is N[C@H]1C[C@@H](COC2CCC(C(=O)O)CC2)N(P)C1. The van der Waals surface area contributed by atoms with E-state index in [1.54, 1.807) is 0 Å². The number of hydrogen-bond donors (Lipinski definition) is 2. The second kappa shape index (κ2) is 6.29. The van der Waals surface area contributed by atoms with Crippen molar-refractivity contribution >= 4 is 15.4 Å². The van der Waals surface area contributed by atoms with Gasteiger partial charge < -0.3 is 15.6 Å². The zero-order chi connectivity index (χ0) is 13.1. The molecule has 6 heteroatoms.